The minimum atomic E-state index is -0.395. The maximum atomic E-state index is 12.1. The monoisotopic (exact) mass is 267 g/mol. The second-order valence-electron chi connectivity index (χ2n) is 4.98. The Balaban J connectivity index is 1.94. The molecule has 0 saturated carbocycles. The van der Waals surface area contributed by atoms with Crippen molar-refractivity contribution in [1.29, 1.82) is 0 Å². The van der Waals surface area contributed by atoms with Crippen LogP contribution in [0.1, 0.15) is 18.9 Å². The van der Waals surface area contributed by atoms with Crippen LogP contribution in [0.5, 0.6) is 0 Å². The highest BCUT2D eigenvalue weighted by molar-refractivity contribution is 6.30. The summed E-state index contributed by atoms with van der Waals surface area (Å²) in [5.74, 6) is 0.354. The third kappa shape index (κ3) is 3.24. The number of hydrogen-bond donors (Lipinski definition) is 1. The van der Waals surface area contributed by atoms with Crippen molar-refractivity contribution in [3.8, 4) is 0 Å². The molecule has 1 amide bonds. The fourth-order valence-corrected chi connectivity index (χ4v) is 2.29. The molecule has 1 aromatic carbocycles. The van der Waals surface area contributed by atoms with Crippen LogP contribution in [0.15, 0.2) is 24.3 Å². The molecule has 2 unspecified atom stereocenters. The lowest BCUT2D eigenvalue weighted by Gasteiger charge is -2.34. The number of carbonyl (C=O) groups is 1. The molecule has 1 saturated heterocycles. The van der Waals surface area contributed by atoms with E-state index in [4.69, 9.17) is 11.6 Å². The number of halogens is 1. The van der Waals surface area contributed by atoms with Gasteiger partial charge in [0.25, 0.3) is 0 Å². The van der Waals surface area contributed by atoms with Crippen molar-refractivity contribution in [3.05, 3.63) is 34.9 Å². The van der Waals surface area contributed by atoms with E-state index in [1.165, 1.54) is 0 Å². The number of aliphatic hydroxyl groups excluding tert-OH is 1. The van der Waals surface area contributed by atoms with Crippen molar-refractivity contribution in [2.45, 2.75) is 25.9 Å². The van der Waals surface area contributed by atoms with Gasteiger partial charge in [0.05, 0.1) is 12.5 Å². The molecule has 1 heterocycles. The van der Waals surface area contributed by atoms with Gasteiger partial charge in [0.15, 0.2) is 0 Å². The van der Waals surface area contributed by atoms with E-state index in [1.807, 2.05) is 19.1 Å². The van der Waals surface area contributed by atoms with Crippen molar-refractivity contribution in [3.63, 3.8) is 0 Å². The van der Waals surface area contributed by atoms with Gasteiger partial charge < -0.3 is 10.0 Å². The largest absolute Gasteiger partial charge is 0.391 e. The number of nitrogens with zero attached hydrogens (tertiary/aromatic N) is 1. The van der Waals surface area contributed by atoms with Crippen LogP contribution in [0.25, 0.3) is 0 Å². The molecular formula is C14H18ClNO2. The van der Waals surface area contributed by atoms with Crippen LogP contribution in [-0.2, 0) is 11.2 Å². The van der Waals surface area contributed by atoms with Crippen LogP contribution in [0, 0.1) is 5.92 Å². The van der Waals surface area contributed by atoms with Gasteiger partial charge in [0, 0.05) is 18.1 Å². The summed E-state index contributed by atoms with van der Waals surface area (Å²) in [6.07, 6.45) is 0.846. The number of piperidine rings is 1. The highest BCUT2D eigenvalue weighted by atomic mass is 35.5. The second-order valence-corrected chi connectivity index (χ2v) is 5.41. The van der Waals surface area contributed by atoms with E-state index >= 15 is 0 Å². The molecule has 1 N–H and O–H groups in total. The fourth-order valence-electron chi connectivity index (χ4n) is 2.16. The van der Waals surface area contributed by atoms with E-state index in [-0.39, 0.29) is 11.8 Å². The van der Waals surface area contributed by atoms with E-state index in [2.05, 4.69) is 0 Å². The summed E-state index contributed by atoms with van der Waals surface area (Å²) in [4.78, 5) is 13.8. The third-order valence-electron chi connectivity index (χ3n) is 3.54. The summed E-state index contributed by atoms with van der Waals surface area (Å²) >= 11 is 5.80. The highest BCUT2D eigenvalue weighted by Crippen LogP contribution is 2.18. The molecule has 2 atom stereocenters. The molecule has 0 bridgehead atoms. The summed E-state index contributed by atoms with van der Waals surface area (Å²) in [6.45, 7) is 3.21. The van der Waals surface area contributed by atoms with Gasteiger partial charge in [-0.3, -0.25) is 4.79 Å². The van der Waals surface area contributed by atoms with Crippen molar-refractivity contribution in [2.24, 2.45) is 5.92 Å². The molecule has 98 valence electrons. The van der Waals surface area contributed by atoms with E-state index in [0.717, 1.165) is 18.5 Å². The van der Waals surface area contributed by atoms with Crippen LogP contribution in [0.3, 0.4) is 0 Å². The zero-order valence-corrected chi connectivity index (χ0v) is 11.2. The standard InChI is InChI=1S/C14H18ClNO2/c1-10-6-7-16(9-13(10)17)14(18)8-11-2-4-12(15)5-3-11/h2-5,10,13,17H,6-9H2,1H3. The van der Waals surface area contributed by atoms with Gasteiger partial charge >= 0.3 is 0 Å². The zero-order valence-electron chi connectivity index (χ0n) is 10.5. The minimum Gasteiger partial charge on any atom is -0.391 e. The number of benzene rings is 1. The first-order chi connectivity index (χ1) is 8.56. The Morgan fingerprint density at radius 2 is 2.11 bits per heavy atom. The summed E-state index contributed by atoms with van der Waals surface area (Å²) in [6, 6.07) is 7.31. The Kier molecular flexibility index (Phi) is 4.25. The van der Waals surface area contributed by atoms with Gasteiger partial charge in [0.2, 0.25) is 5.91 Å². The number of carbonyl (C=O) groups excluding carboxylic acids is 1. The summed E-state index contributed by atoms with van der Waals surface area (Å²) < 4.78 is 0. The molecule has 1 aliphatic heterocycles. The van der Waals surface area contributed by atoms with Crippen molar-refractivity contribution in [1.82, 2.24) is 4.90 Å². The number of aliphatic hydroxyl groups is 1. The van der Waals surface area contributed by atoms with Crippen LogP contribution in [-0.4, -0.2) is 35.1 Å². The van der Waals surface area contributed by atoms with Crippen molar-refractivity contribution in [2.75, 3.05) is 13.1 Å². The molecule has 3 nitrogen and oxygen atoms in total. The van der Waals surface area contributed by atoms with Crippen molar-refractivity contribution >= 4 is 17.5 Å². The third-order valence-corrected chi connectivity index (χ3v) is 3.79. The minimum absolute atomic E-state index is 0.0725. The first-order valence-electron chi connectivity index (χ1n) is 6.26. The number of amides is 1. The first kappa shape index (κ1) is 13.4. The Morgan fingerprint density at radius 1 is 1.44 bits per heavy atom. The number of likely N-dealkylation sites (tertiary alicyclic amines) is 1. The lowest BCUT2D eigenvalue weighted by atomic mass is 9.95. The van der Waals surface area contributed by atoms with E-state index < -0.39 is 6.10 Å². The Bertz CT molecular complexity index is 418. The Labute approximate surface area is 112 Å². The predicted octanol–water partition coefficient (Wildman–Crippen LogP) is 2.11. The second kappa shape index (κ2) is 5.72. The maximum Gasteiger partial charge on any atom is 0.227 e. The van der Waals surface area contributed by atoms with E-state index in [9.17, 15) is 9.90 Å². The molecule has 0 radical (unpaired) electrons. The number of rotatable bonds is 2. The Morgan fingerprint density at radius 3 is 2.72 bits per heavy atom. The average molecular weight is 268 g/mol. The smallest absolute Gasteiger partial charge is 0.227 e. The number of hydrogen-bond acceptors (Lipinski definition) is 2. The van der Waals surface area contributed by atoms with Crippen molar-refractivity contribution < 1.29 is 9.90 Å². The van der Waals surface area contributed by atoms with E-state index in [0.29, 0.717) is 18.0 Å². The van der Waals surface area contributed by atoms with Crippen LogP contribution in [0.4, 0.5) is 0 Å². The average Bonchev–Trinajstić information content (AvgIpc) is 2.35. The maximum absolute atomic E-state index is 12.1. The molecule has 1 aliphatic rings. The lowest BCUT2D eigenvalue weighted by Crippen LogP contribution is -2.46. The number of β-amino-alcohol motifs (C(OH)–C–C–N with tert-alkyl or cyclic N) is 1. The molecule has 0 aliphatic carbocycles. The van der Waals surface area contributed by atoms with Crippen LogP contribution in [0.2, 0.25) is 5.02 Å². The SMILES string of the molecule is CC1CCN(C(=O)Cc2ccc(Cl)cc2)CC1O. The quantitative estimate of drug-likeness (QED) is 0.892. The topological polar surface area (TPSA) is 40.5 Å². The molecule has 2 rings (SSSR count). The first-order valence-corrected chi connectivity index (χ1v) is 6.64. The highest BCUT2D eigenvalue weighted by Gasteiger charge is 2.26. The zero-order chi connectivity index (χ0) is 13.1. The molecule has 18 heavy (non-hydrogen) atoms. The summed E-state index contributed by atoms with van der Waals surface area (Å²) in [7, 11) is 0. The van der Waals surface area contributed by atoms with Gasteiger partial charge in [0.1, 0.15) is 0 Å². The van der Waals surface area contributed by atoms with Crippen LogP contribution >= 0.6 is 11.6 Å². The molecule has 0 aromatic heterocycles. The van der Waals surface area contributed by atoms with Gasteiger partial charge in [-0.05, 0) is 30.0 Å². The summed E-state index contributed by atoms with van der Waals surface area (Å²) in [5.41, 5.74) is 0.956. The van der Waals surface area contributed by atoms with Crippen LogP contribution < -0.4 is 0 Å². The molecular weight excluding hydrogens is 250 g/mol. The van der Waals surface area contributed by atoms with Gasteiger partial charge in [-0.2, -0.15) is 0 Å². The van der Waals surface area contributed by atoms with E-state index in [1.54, 1.807) is 17.0 Å². The van der Waals surface area contributed by atoms with Gasteiger partial charge in [-0.15, -0.1) is 0 Å². The van der Waals surface area contributed by atoms with Gasteiger partial charge in [-0.25, -0.2) is 0 Å². The molecule has 4 heteroatoms. The molecule has 1 aromatic rings. The summed E-state index contributed by atoms with van der Waals surface area (Å²) in [5, 5.41) is 10.5. The lowest BCUT2D eigenvalue weighted by molar-refractivity contribution is -0.134. The molecule has 0 spiro atoms. The predicted molar refractivity (Wildman–Crippen MR) is 71.5 cm³/mol. The Hall–Kier alpha value is -1.06. The normalized spacial score (nSPS) is 24.1. The fraction of sp³-hybridized carbons (Fsp3) is 0.500. The van der Waals surface area contributed by atoms with Gasteiger partial charge in [-0.1, -0.05) is 30.7 Å². The molecule has 1 fully saturated rings.